The zero-order valence-corrected chi connectivity index (χ0v) is 14.4. The quantitative estimate of drug-likeness (QED) is 0.900. The van der Waals surface area contributed by atoms with E-state index < -0.39 is 15.4 Å². The van der Waals surface area contributed by atoms with Gasteiger partial charge in [0.25, 0.3) is 0 Å². The van der Waals surface area contributed by atoms with E-state index >= 15 is 0 Å². The average Bonchev–Trinajstić information content (AvgIpc) is 2.38. The molecule has 0 aromatic heterocycles. The van der Waals surface area contributed by atoms with Crippen LogP contribution in [0.5, 0.6) is 0 Å². The van der Waals surface area contributed by atoms with E-state index in [1.165, 1.54) is 6.26 Å². The number of nitrogens with two attached hydrogens (primary N) is 1. The number of halogens is 1. The van der Waals surface area contributed by atoms with Crippen LogP contribution < -0.4 is 5.73 Å². The van der Waals surface area contributed by atoms with Crippen LogP contribution in [0, 0.1) is 5.92 Å². The van der Waals surface area contributed by atoms with Crippen molar-refractivity contribution in [2.75, 3.05) is 6.26 Å². The van der Waals surface area contributed by atoms with E-state index in [0.717, 1.165) is 29.3 Å². The fraction of sp³-hybridized carbons (Fsp3) is 0.600. The molecule has 1 aliphatic rings. The molecular weight excluding hydrogens is 338 g/mol. The van der Waals surface area contributed by atoms with Crippen molar-refractivity contribution in [3.8, 4) is 0 Å². The van der Waals surface area contributed by atoms with Gasteiger partial charge in [0.05, 0.1) is 5.25 Å². The minimum atomic E-state index is -2.98. The molecule has 3 atom stereocenters. The van der Waals surface area contributed by atoms with Gasteiger partial charge in [-0.05, 0) is 43.7 Å². The Bertz CT molecular complexity index is 583. The summed E-state index contributed by atoms with van der Waals surface area (Å²) < 4.78 is 24.6. The molecule has 3 nitrogen and oxygen atoms in total. The van der Waals surface area contributed by atoms with Crippen LogP contribution in [-0.4, -0.2) is 19.9 Å². The van der Waals surface area contributed by atoms with Gasteiger partial charge in [-0.2, -0.15) is 0 Å². The minimum Gasteiger partial charge on any atom is -0.321 e. The highest BCUT2D eigenvalue weighted by molar-refractivity contribution is 9.10. The molecule has 1 aromatic carbocycles. The molecule has 3 unspecified atom stereocenters. The van der Waals surface area contributed by atoms with Gasteiger partial charge in [0.15, 0.2) is 0 Å². The average molecular weight is 360 g/mol. The largest absolute Gasteiger partial charge is 0.321 e. The summed E-state index contributed by atoms with van der Waals surface area (Å²) in [6, 6.07) is 7.94. The second-order valence-electron chi connectivity index (χ2n) is 6.08. The van der Waals surface area contributed by atoms with Gasteiger partial charge >= 0.3 is 0 Å². The third-order valence-electron chi connectivity index (χ3n) is 4.53. The van der Waals surface area contributed by atoms with Crippen LogP contribution >= 0.6 is 15.9 Å². The topological polar surface area (TPSA) is 60.2 Å². The van der Waals surface area contributed by atoms with Crippen molar-refractivity contribution in [3.63, 3.8) is 0 Å². The molecule has 0 bridgehead atoms. The molecule has 1 fully saturated rings. The van der Waals surface area contributed by atoms with Crippen molar-refractivity contribution < 1.29 is 8.42 Å². The van der Waals surface area contributed by atoms with Gasteiger partial charge in [0.1, 0.15) is 9.84 Å². The fourth-order valence-electron chi connectivity index (χ4n) is 3.20. The number of sulfone groups is 1. The zero-order valence-electron chi connectivity index (χ0n) is 12.0. The Hall–Kier alpha value is -0.390. The van der Waals surface area contributed by atoms with Crippen LogP contribution in [0.25, 0.3) is 0 Å². The van der Waals surface area contributed by atoms with E-state index in [2.05, 4.69) is 15.9 Å². The summed E-state index contributed by atoms with van der Waals surface area (Å²) in [6.45, 7) is 2.02. The summed E-state index contributed by atoms with van der Waals surface area (Å²) in [5.74, 6) is 0.190. The maximum atomic E-state index is 11.8. The molecule has 20 heavy (non-hydrogen) atoms. The van der Waals surface area contributed by atoms with Crippen molar-refractivity contribution in [2.24, 2.45) is 11.7 Å². The first-order valence-electron chi connectivity index (χ1n) is 6.95. The predicted molar refractivity (Wildman–Crippen MR) is 86.3 cm³/mol. The summed E-state index contributed by atoms with van der Waals surface area (Å²) >= 11 is 3.56. The monoisotopic (exact) mass is 359 g/mol. The fourth-order valence-corrected chi connectivity index (χ4v) is 5.09. The molecule has 5 heteroatoms. The molecule has 112 valence electrons. The van der Waals surface area contributed by atoms with Gasteiger partial charge in [-0.3, -0.25) is 0 Å². The van der Waals surface area contributed by atoms with E-state index in [1.807, 2.05) is 31.2 Å². The summed E-state index contributed by atoms with van der Waals surface area (Å²) in [4.78, 5) is 0. The number of benzene rings is 1. The van der Waals surface area contributed by atoms with Crippen LogP contribution in [0.15, 0.2) is 28.7 Å². The van der Waals surface area contributed by atoms with Gasteiger partial charge in [0.2, 0.25) is 0 Å². The van der Waals surface area contributed by atoms with Crippen molar-refractivity contribution in [1.82, 2.24) is 0 Å². The Labute approximate surface area is 130 Å². The normalized spacial score (nSPS) is 27.0. The summed E-state index contributed by atoms with van der Waals surface area (Å²) in [6.07, 6.45) is 4.68. The smallest absolute Gasteiger partial charge is 0.150 e. The van der Waals surface area contributed by atoms with Gasteiger partial charge in [-0.25, -0.2) is 8.42 Å². The van der Waals surface area contributed by atoms with Crippen LogP contribution in [0.4, 0.5) is 0 Å². The summed E-state index contributed by atoms with van der Waals surface area (Å²) in [7, 11) is -2.98. The highest BCUT2D eigenvalue weighted by Gasteiger charge is 2.39. The molecule has 1 aliphatic carbocycles. The third kappa shape index (κ3) is 3.26. The Morgan fingerprint density at radius 3 is 2.55 bits per heavy atom. The molecule has 0 radical (unpaired) electrons. The first kappa shape index (κ1) is 16.0. The van der Waals surface area contributed by atoms with Gasteiger partial charge < -0.3 is 5.73 Å². The highest BCUT2D eigenvalue weighted by Crippen LogP contribution is 2.41. The minimum absolute atomic E-state index is 0.190. The third-order valence-corrected chi connectivity index (χ3v) is 6.86. The molecule has 0 amide bonds. The van der Waals surface area contributed by atoms with Gasteiger partial charge in [0, 0.05) is 16.3 Å². The zero-order chi connectivity index (χ0) is 15.0. The van der Waals surface area contributed by atoms with E-state index in [9.17, 15) is 8.42 Å². The van der Waals surface area contributed by atoms with Crippen LogP contribution in [0.2, 0.25) is 0 Å². The van der Waals surface area contributed by atoms with Crippen LogP contribution in [0.3, 0.4) is 0 Å². The maximum absolute atomic E-state index is 11.8. The number of hydrogen-bond donors (Lipinski definition) is 1. The lowest BCUT2D eigenvalue weighted by Gasteiger charge is -2.40. The Morgan fingerprint density at radius 2 is 1.95 bits per heavy atom. The lowest BCUT2D eigenvalue weighted by atomic mass is 9.72. The van der Waals surface area contributed by atoms with Crippen molar-refractivity contribution in [3.05, 3.63) is 34.3 Å². The highest BCUT2D eigenvalue weighted by atomic mass is 79.9. The first-order chi connectivity index (χ1) is 9.23. The molecule has 0 heterocycles. The Balaban J connectivity index is 2.28. The number of rotatable bonds is 3. The van der Waals surface area contributed by atoms with E-state index in [0.29, 0.717) is 6.42 Å². The van der Waals surface area contributed by atoms with Crippen molar-refractivity contribution in [1.29, 1.82) is 0 Å². The molecular formula is C15H22BrNO2S. The SMILES string of the molecule is CC(N)(c1ccccc1Br)C1CCCC(S(C)(=O)=O)C1. The maximum Gasteiger partial charge on any atom is 0.150 e. The lowest BCUT2D eigenvalue weighted by molar-refractivity contribution is 0.225. The lowest BCUT2D eigenvalue weighted by Crippen LogP contribution is -2.45. The van der Waals surface area contributed by atoms with Crippen molar-refractivity contribution in [2.45, 2.75) is 43.4 Å². The second-order valence-corrected chi connectivity index (χ2v) is 9.26. The molecule has 0 aliphatic heterocycles. The predicted octanol–water partition coefficient (Wildman–Crippen LogP) is 3.23. The molecule has 1 saturated carbocycles. The second kappa shape index (κ2) is 5.78. The molecule has 1 aromatic rings. The summed E-state index contributed by atoms with van der Waals surface area (Å²) in [5, 5.41) is -0.244. The molecule has 0 spiro atoms. The van der Waals surface area contributed by atoms with Gasteiger partial charge in [-0.15, -0.1) is 0 Å². The van der Waals surface area contributed by atoms with Crippen LogP contribution in [0.1, 0.15) is 38.2 Å². The number of hydrogen-bond acceptors (Lipinski definition) is 3. The Kier molecular flexibility index (Phi) is 4.62. The van der Waals surface area contributed by atoms with Crippen LogP contribution in [-0.2, 0) is 15.4 Å². The van der Waals surface area contributed by atoms with E-state index in [1.54, 1.807) is 0 Å². The summed E-state index contributed by atoms with van der Waals surface area (Å²) in [5.41, 5.74) is 7.14. The van der Waals surface area contributed by atoms with E-state index in [4.69, 9.17) is 5.73 Å². The molecule has 2 rings (SSSR count). The standard InChI is InChI=1S/C15H22BrNO2S/c1-15(17,13-8-3-4-9-14(13)16)11-6-5-7-12(10-11)20(2,18)19/h3-4,8-9,11-12H,5-7,10,17H2,1-2H3. The molecule has 0 saturated heterocycles. The molecule has 2 N–H and O–H groups in total. The van der Waals surface area contributed by atoms with Crippen molar-refractivity contribution >= 4 is 25.8 Å². The van der Waals surface area contributed by atoms with E-state index in [-0.39, 0.29) is 11.2 Å². The Morgan fingerprint density at radius 1 is 1.30 bits per heavy atom. The first-order valence-corrected chi connectivity index (χ1v) is 9.70. The van der Waals surface area contributed by atoms with Gasteiger partial charge in [-0.1, -0.05) is 40.5 Å².